The molecule has 2 rings (SSSR count). The van der Waals surface area contributed by atoms with Gasteiger partial charge in [-0.1, -0.05) is 23.2 Å². The van der Waals surface area contributed by atoms with Crippen molar-refractivity contribution in [3.63, 3.8) is 0 Å². The SMILES string of the molecule is O=c1[nH]cnc(Nc2ccc(Cl)c(F)c2)c1Cl. The summed E-state index contributed by atoms with van der Waals surface area (Å²) in [6, 6.07) is 4.12. The van der Waals surface area contributed by atoms with Gasteiger partial charge in [-0.15, -0.1) is 0 Å². The summed E-state index contributed by atoms with van der Waals surface area (Å²) in [4.78, 5) is 17.3. The smallest absolute Gasteiger partial charge is 0.271 e. The van der Waals surface area contributed by atoms with Gasteiger partial charge in [-0.2, -0.15) is 0 Å². The van der Waals surface area contributed by atoms with Crippen LogP contribution in [0, 0.1) is 5.82 Å². The summed E-state index contributed by atoms with van der Waals surface area (Å²) in [6.45, 7) is 0. The van der Waals surface area contributed by atoms with Crippen molar-refractivity contribution in [2.45, 2.75) is 0 Å². The van der Waals surface area contributed by atoms with E-state index in [4.69, 9.17) is 23.2 Å². The van der Waals surface area contributed by atoms with Gasteiger partial charge in [0.2, 0.25) is 0 Å². The topological polar surface area (TPSA) is 57.8 Å². The Balaban J connectivity index is 2.35. The van der Waals surface area contributed by atoms with Crippen molar-refractivity contribution in [3.8, 4) is 0 Å². The Morgan fingerprint density at radius 3 is 2.82 bits per heavy atom. The molecule has 17 heavy (non-hydrogen) atoms. The summed E-state index contributed by atoms with van der Waals surface area (Å²) in [5.41, 5.74) is -0.0782. The van der Waals surface area contributed by atoms with Crippen molar-refractivity contribution in [2.24, 2.45) is 0 Å². The summed E-state index contributed by atoms with van der Waals surface area (Å²) >= 11 is 11.3. The molecular weight excluding hydrogens is 268 g/mol. The number of H-pyrrole nitrogens is 1. The Morgan fingerprint density at radius 1 is 1.35 bits per heavy atom. The van der Waals surface area contributed by atoms with Gasteiger partial charge >= 0.3 is 0 Å². The quantitative estimate of drug-likeness (QED) is 0.885. The Labute approximate surface area is 105 Å². The molecule has 4 nitrogen and oxygen atoms in total. The highest BCUT2D eigenvalue weighted by Crippen LogP contribution is 2.23. The summed E-state index contributed by atoms with van der Waals surface area (Å²) < 4.78 is 13.2. The van der Waals surface area contributed by atoms with Crippen molar-refractivity contribution in [1.82, 2.24) is 9.97 Å². The number of halogens is 3. The summed E-state index contributed by atoms with van der Waals surface area (Å²) in [5.74, 6) is -0.422. The average Bonchev–Trinajstić information content (AvgIpc) is 2.30. The van der Waals surface area contributed by atoms with Gasteiger partial charge in [0.05, 0.1) is 11.3 Å². The first-order valence-electron chi connectivity index (χ1n) is 4.53. The Kier molecular flexibility index (Phi) is 3.31. The van der Waals surface area contributed by atoms with E-state index in [0.29, 0.717) is 5.69 Å². The minimum atomic E-state index is -0.572. The lowest BCUT2D eigenvalue weighted by Gasteiger charge is -2.06. The molecule has 88 valence electrons. The van der Waals surface area contributed by atoms with Crippen LogP contribution in [0.5, 0.6) is 0 Å². The number of aromatic nitrogens is 2. The molecule has 0 aliphatic heterocycles. The van der Waals surface area contributed by atoms with Crippen LogP contribution in [-0.2, 0) is 0 Å². The van der Waals surface area contributed by atoms with Gasteiger partial charge in [-0.05, 0) is 18.2 Å². The molecule has 0 amide bonds. The second-order valence-corrected chi connectivity index (χ2v) is 3.93. The van der Waals surface area contributed by atoms with Crippen LogP contribution in [0.1, 0.15) is 0 Å². The summed E-state index contributed by atoms with van der Waals surface area (Å²) in [5, 5.41) is 2.64. The van der Waals surface area contributed by atoms with Gasteiger partial charge in [0.1, 0.15) is 10.8 Å². The lowest BCUT2D eigenvalue weighted by Crippen LogP contribution is -2.09. The third kappa shape index (κ3) is 2.57. The first-order chi connectivity index (χ1) is 8.08. The number of aromatic amines is 1. The largest absolute Gasteiger partial charge is 0.339 e. The van der Waals surface area contributed by atoms with Crippen LogP contribution in [0.4, 0.5) is 15.9 Å². The third-order valence-electron chi connectivity index (χ3n) is 1.98. The van der Waals surface area contributed by atoms with Gasteiger partial charge in [0.15, 0.2) is 5.82 Å². The molecule has 1 aromatic carbocycles. The van der Waals surface area contributed by atoms with E-state index in [0.717, 1.165) is 0 Å². The van der Waals surface area contributed by atoms with Crippen molar-refractivity contribution in [1.29, 1.82) is 0 Å². The molecule has 0 saturated heterocycles. The van der Waals surface area contributed by atoms with E-state index in [2.05, 4.69) is 15.3 Å². The van der Waals surface area contributed by atoms with Gasteiger partial charge in [-0.25, -0.2) is 9.37 Å². The zero-order chi connectivity index (χ0) is 12.4. The van der Waals surface area contributed by atoms with Crippen molar-refractivity contribution >= 4 is 34.7 Å². The highest BCUT2D eigenvalue weighted by Gasteiger charge is 2.07. The van der Waals surface area contributed by atoms with Crippen LogP contribution in [0.15, 0.2) is 29.3 Å². The molecule has 0 unspecified atom stereocenters. The number of hydrogen-bond donors (Lipinski definition) is 2. The number of rotatable bonds is 2. The first-order valence-corrected chi connectivity index (χ1v) is 5.29. The van der Waals surface area contributed by atoms with E-state index < -0.39 is 11.4 Å². The summed E-state index contributed by atoms with van der Waals surface area (Å²) in [7, 11) is 0. The lowest BCUT2D eigenvalue weighted by atomic mass is 10.3. The second-order valence-electron chi connectivity index (χ2n) is 3.15. The van der Waals surface area contributed by atoms with Crippen LogP contribution in [-0.4, -0.2) is 9.97 Å². The molecule has 0 aliphatic carbocycles. The van der Waals surface area contributed by atoms with Crippen molar-refractivity contribution < 1.29 is 4.39 Å². The molecule has 0 radical (unpaired) electrons. The number of benzene rings is 1. The van der Waals surface area contributed by atoms with Crippen LogP contribution >= 0.6 is 23.2 Å². The fourth-order valence-electron chi connectivity index (χ4n) is 1.18. The van der Waals surface area contributed by atoms with E-state index in [1.165, 1.54) is 18.5 Å². The molecule has 0 aliphatic rings. The molecule has 1 heterocycles. The Morgan fingerprint density at radius 2 is 2.12 bits per heavy atom. The minimum Gasteiger partial charge on any atom is -0.339 e. The predicted octanol–water partition coefficient (Wildman–Crippen LogP) is 2.96. The molecule has 0 saturated carbocycles. The van der Waals surface area contributed by atoms with Gasteiger partial charge in [-0.3, -0.25) is 4.79 Å². The standard InChI is InChI=1S/C10H6Cl2FN3O/c11-6-2-1-5(3-7(6)13)16-9-8(12)10(17)15-4-14-9/h1-4H,(H2,14,15,16,17). The molecular formula is C10H6Cl2FN3O. The number of nitrogens with one attached hydrogen (secondary N) is 2. The molecule has 1 aromatic heterocycles. The summed E-state index contributed by atoms with van der Waals surface area (Å²) in [6.07, 6.45) is 1.20. The molecule has 0 bridgehead atoms. The van der Waals surface area contributed by atoms with E-state index in [1.54, 1.807) is 6.07 Å². The van der Waals surface area contributed by atoms with E-state index in [9.17, 15) is 9.18 Å². The first kappa shape index (κ1) is 11.9. The normalized spacial score (nSPS) is 10.3. The van der Waals surface area contributed by atoms with Crippen LogP contribution in [0.25, 0.3) is 0 Å². The lowest BCUT2D eigenvalue weighted by molar-refractivity contribution is 0.629. The third-order valence-corrected chi connectivity index (χ3v) is 2.64. The van der Waals surface area contributed by atoms with E-state index in [1.807, 2.05) is 0 Å². The Hall–Kier alpha value is -1.59. The fourth-order valence-corrected chi connectivity index (χ4v) is 1.45. The fraction of sp³-hybridized carbons (Fsp3) is 0. The number of anilines is 2. The van der Waals surface area contributed by atoms with Crippen LogP contribution in [0.2, 0.25) is 10.0 Å². The highest BCUT2D eigenvalue weighted by atomic mass is 35.5. The van der Waals surface area contributed by atoms with Gasteiger partial charge in [0.25, 0.3) is 5.56 Å². The maximum atomic E-state index is 13.2. The van der Waals surface area contributed by atoms with Gasteiger partial charge < -0.3 is 10.3 Å². The monoisotopic (exact) mass is 273 g/mol. The highest BCUT2D eigenvalue weighted by molar-refractivity contribution is 6.32. The average molecular weight is 274 g/mol. The number of nitrogens with zero attached hydrogens (tertiary/aromatic N) is 1. The molecule has 0 spiro atoms. The zero-order valence-corrected chi connectivity index (χ0v) is 9.81. The minimum absolute atomic E-state index is 0.0144. The van der Waals surface area contributed by atoms with E-state index in [-0.39, 0.29) is 15.9 Å². The molecule has 7 heteroatoms. The Bertz CT molecular complexity index is 615. The molecule has 0 atom stereocenters. The van der Waals surface area contributed by atoms with Gasteiger partial charge in [0, 0.05) is 5.69 Å². The predicted molar refractivity (Wildman–Crippen MR) is 64.6 cm³/mol. The zero-order valence-electron chi connectivity index (χ0n) is 8.30. The number of hydrogen-bond acceptors (Lipinski definition) is 3. The molecule has 2 N–H and O–H groups in total. The maximum absolute atomic E-state index is 13.2. The van der Waals surface area contributed by atoms with E-state index >= 15 is 0 Å². The van der Waals surface area contributed by atoms with Crippen molar-refractivity contribution in [3.05, 3.63) is 50.7 Å². The van der Waals surface area contributed by atoms with Crippen LogP contribution < -0.4 is 10.9 Å². The van der Waals surface area contributed by atoms with Crippen molar-refractivity contribution in [2.75, 3.05) is 5.32 Å². The molecule has 0 fully saturated rings. The molecule has 2 aromatic rings. The maximum Gasteiger partial charge on any atom is 0.271 e. The second kappa shape index (κ2) is 4.73. The van der Waals surface area contributed by atoms with Crippen LogP contribution in [0.3, 0.4) is 0 Å².